The van der Waals surface area contributed by atoms with Crippen molar-refractivity contribution in [2.45, 2.75) is 5.92 Å². The highest BCUT2D eigenvalue weighted by molar-refractivity contribution is 5.92. The smallest absolute Gasteiger partial charge is 0.271 e. The van der Waals surface area contributed by atoms with E-state index in [9.17, 15) is 9.59 Å². The number of ether oxygens (including phenoxy) is 2. The number of para-hydroxylation sites is 2. The van der Waals surface area contributed by atoms with Crippen molar-refractivity contribution in [1.82, 2.24) is 20.1 Å². The van der Waals surface area contributed by atoms with Crippen molar-refractivity contribution in [1.29, 1.82) is 0 Å². The molecule has 0 aliphatic rings. The predicted octanol–water partition coefficient (Wildman–Crippen LogP) is 2.84. The van der Waals surface area contributed by atoms with E-state index < -0.39 is 0 Å². The number of hydrogen-bond acceptors (Lipinski definition) is 5. The number of carbonyl (C=O) groups excluding carboxylic acids is 1. The maximum atomic E-state index is 12.8. The number of benzene rings is 2. The molecule has 0 aliphatic heterocycles. The van der Waals surface area contributed by atoms with Gasteiger partial charge in [0.05, 0.1) is 14.2 Å². The lowest BCUT2D eigenvalue weighted by Gasteiger charge is -2.22. The Labute approximate surface area is 184 Å². The average molecular weight is 432 g/mol. The van der Waals surface area contributed by atoms with Gasteiger partial charge in [0.1, 0.15) is 5.69 Å². The van der Waals surface area contributed by atoms with Gasteiger partial charge in [-0.1, -0.05) is 30.3 Å². The molecule has 4 rings (SSSR count). The highest BCUT2D eigenvalue weighted by atomic mass is 16.5. The SMILES string of the molecule is COc1cccc(C(CNC(=O)c2ccc(=O)n(C)n2)c2c[nH]c3ccccc23)c1OC. The fourth-order valence-corrected chi connectivity index (χ4v) is 3.86. The zero-order valence-corrected chi connectivity index (χ0v) is 18.1. The number of hydrogen-bond donors (Lipinski definition) is 2. The Hall–Kier alpha value is -4.07. The van der Waals surface area contributed by atoms with E-state index in [-0.39, 0.29) is 29.6 Å². The number of nitrogens with zero attached hydrogens (tertiary/aromatic N) is 2. The van der Waals surface area contributed by atoms with Crippen molar-refractivity contribution in [3.8, 4) is 11.5 Å². The maximum absolute atomic E-state index is 12.8. The summed E-state index contributed by atoms with van der Waals surface area (Å²) < 4.78 is 12.3. The van der Waals surface area contributed by atoms with Gasteiger partial charge in [-0.05, 0) is 23.8 Å². The second-order valence-corrected chi connectivity index (χ2v) is 7.32. The van der Waals surface area contributed by atoms with Crippen molar-refractivity contribution in [3.63, 3.8) is 0 Å². The van der Waals surface area contributed by atoms with E-state index in [2.05, 4.69) is 15.4 Å². The molecule has 0 spiro atoms. The molecular weight excluding hydrogens is 408 g/mol. The van der Waals surface area contributed by atoms with Crippen molar-refractivity contribution >= 4 is 16.8 Å². The van der Waals surface area contributed by atoms with Crippen LogP contribution in [0.5, 0.6) is 11.5 Å². The molecule has 8 heteroatoms. The quantitative estimate of drug-likeness (QED) is 0.468. The first-order valence-corrected chi connectivity index (χ1v) is 10.1. The molecule has 2 heterocycles. The summed E-state index contributed by atoms with van der Waals surface area (Å²) in [7, 11) is 4.70. The van der Waals surface area contributed by atoms with Crippen molar-refractivity contribution < 1.29 is 14.3 Å². The Balaban J connectivity index is 1.74. The number of methoxy groups -OCH3 is 2. The van der Waals surface area contributed by atoms with Crippen LogP contribution < -0.4 is 20.3 Å². The first-order valence-electron chi connectivity index (χ1n) is 10.1. The molecule has 0 saturated carbocycles. The highest BCUT2D eigenvalue weighted by Gasteiger charge is 2.24. The minimum absolute atomic E-state index is 0.169. The van der Waals surface area contributed by atoms with Crippen LogP contribution in [0, 0.1) is 0 Å². The van der Waals surface area contributed by atoms with Crippen molar-refractivity contribution in [3.05, 3.63) is 88.0 Å². The van der Waals surface area contributed by atoms with E-state index in [4.69, 9.17) is 9.47 Å². The van der Waals surface area contributed by atoms with E-state index in [1.165, 1.54) is 19.2 Å². The van der Waals surface area contributed by atoms with Gasteiger partial charge in [0.25, 0.3) is 11.5 Å². The number of rotatable bonds is 7. The van der Waals surface area contributed by atoms with Crippen LogP contribution in [0.4, 0.5) is 0 Å². The van der Waals surface area contributed by atoms with Gasteiger partial charge in [-0.2, -0.15) is 5.10 Å². The molecule has 0 bridgehead atoms. The van der Waals surface area contributed by atoms with Crippen LogP contribution in [0.15, 0.2) is 65.6 Å². The largest absolute Gasteiger partial charge is 0.493 e. The van der Waals surface area contributed by atoms with Crippen LogP contribution in [0.3, 0.4) is 0 Å². The van der Waals surface area contributed by atoms with Crippen LogP contribution in [0.25, 0.3) is 10.9 Å². The van der Waals surface area contributed by atoms with Crippen LogP contribution in [0.1, 0.15) is 27.5 Å². The summed E-state index contributed by atoms with van der Waals surface area (Å²) in [5.41, 5.74) is 2.79. The Kier molecular flexibility index (Phi) is 5.93. The molecule has 0 fully saturated rings. The summed E-state index contributed by atoms with van der Waals surface area (Å²) in [6, 6.07) is 16.4. The van der Waals surface area contributed by atoms with E-state index in [0.29, 0.717) is 11.5 Å². The number of fused-ring (bicyclic) bond motifs is 1. The second kappa shape index (κ2) is 8.97. The summed E-state index contributed by atoms with van der Waals surface area (Å²) in [5.74, 6) is 0.626. The Morgan fingerprint density at radius 2 is 1.88 bits per heavy atom. The third-order valence-electron chi connectivity index (χ3n) is 5.47. The molecule has 4 aromatic rings. The third-order valence-corrected chi connectivity index (χ3v) is 5.47. The topological polar surface area (TPSA) is 98.2 Å². The molecule has 0 saturated heterocycles. The van der Waals surface area contributed by atoms with E-state index >= 15 is 0 Å². The summed E-state index contributed by atoms with van der Waals surface area (Å²) in [4.78, 5) is 27.7. The lowest BCUT2D eigenvalue weighted by Crippen LogP contribution is -2.31. The van der Waals surface area contributed by atoms with Crippen molar-refractivity contribution in [2.75, 3.05) is 20.8 Å². The first-order chi connectivity index (χ1) is 15.5. The number of aryl methyl sites for hydroxylation is 1. The van der Waals surface area contributed by atoms with E-state index in [0.717, 1.165) is 26.7 Å². The Morgan fingerprint density at radius 3 is 2.62 bits per heavy atom. The molecule has 2 N–H and O–H groups in total. The number of nitrogens with one attached hydrogen (secondary N) is 2. The Bertz CT molecular complexity index is 1330. The van der Waals surface area contributed by atoms with Gasteiger partial charge < -0.3 is 19.8 Å². The van der Waals surface area contributed by atoms with Gasteiger partial charge in [0, 0.05) is 48.2 Å². The molecule has 32 heavy (non-hydrogen) atoms. The number of aromatic amines is 1. The molecule has 8 nitrogen and oxygen atoms in total. The predicted molar refractivity (Wildman–Crippen MR) is 121 cm³/mol. The van der Waals surface area contributed by atoms with Crippen LogP contribution >= 0.6 is 0 Å². The normalized spacial score (nSPS) is 11.8. The number of H-pyrrole nitrogens is 1. The summed E-state index contributed by atoms with van der Waals surface area (Å²) in [6.45, 7) is 0.286. The molecule has 1 unspecified atom stereocenters. The van der Waals surface area contributed by atoms with Gasteiger partial charge in [0.15, 0.2) is 11.5 Å². The molecule has 1 amide bonds. The fourth-order valence-electron chi connectivity index (χ4n) is 3.86. The molecule has 2 aromatic heterocycles. The first kappa shape index (κ1) is 21.2. The second-order valence-electron chi connectivity index (χ2n) is 7.32. The lowest BCUT2D eigenvalue weighted by molar-refractivity contribution is 0.0945. The lowest BCUT2D eigenvalue weighted by atomic mass is 9.89. The minimum Gasteiger partial charge on any atom is -0.493 e. The van der Waals surface area contributed by atoms with E-state index in [1.54, 1.807) is 14.2 Å². The number of aromatic nitrogens is 3. The Morgan fingerprint density at radius 1 is 1.06 bits per heavy atom. The molecular formula is C24H24N4O4. The summed E-state index contributed by atoms with van der Waals surface area (Å²) >= 11 is 0. The molecule has 164 valence electrons. The van der Waals surface area contributed by atoms with Gasteiger partial charge in [-0.3, -0.25) is 9.59 Å². The molecule has 1 atom stereocenters. The van der Waals surface area contributed by atoms with Crippen molar-refractivity contribution in [2.24, 2.45) is 7.05 Å². The number of amides is 1. The van der Waals surface area contributed by atoms with Crippen LogP contribution in [-0.2, 0) is 7.05 Å². The zero-order valence-electron chi connectivity index (χ0n) is 18.1. The monoisotopic (exact) mass is 432 g/mol. The molecule has 0 aliphatic carbocycles. The maximum Gasteiger partial charge on any atom is 0.271 e. The van der Waals surface area contributed by atoms with Gasteiger partial charge >= 0.3 is 0 Å². The molecule has 2 aromatic carbocycles. The van der Waals surface area contributed by atoms with Crippen LogP contribution in [0.2, 0.25) is 0 Å². The standard InChI is InChI=1S/C24H24N4O4/c1-28-22(29)12-11-20(27-28)24(30)26-14-18(16-8-6-10-21(31-2)23(16)32-3)17-13-25-19-9-5-4-7-15(17)19/h4-13,18,25H,14H2,1-3H3,(H,26,30). The van der Waals surface area contributed by atoms with Gasteiger partial charge in [-0.15, -0.1) is 0 Å². The minimum atomic E-state index is -0.368. The summed E-state index contributed by atoms with van der Waals surface area (Å²) in [5, 5.41) is 8.05. The molecule has 0 radical (unpaired) electrons. The number of carbonyl (C=O) groups is 1. The van der Waals surface area contributed by atoms with E-state index in [1.807, 2.05) is 48.7 Å². The summed E-state index contributed by atoms with van der Waals surface area (Å²) in [6.07, 6.45) is 1.95. The van der Waals surface area contributed by atoms with Gasteiger partial charge in [-0.25, -0.2) is 4.68 Å². The van der Waals surface area contributed by atoms with Crippen LogP contribution in [-0.4, -0.2) is 41.4 Å². The van der Waals surface area contributed by atoms with Gasteiger partial charge in [0.2, 0.25) is 0 Å². The average Bonchev–Trinajstić information content (AvgIpc) is 3.24. The highest BCUT2D eigenvalue weighted by Crippen LogP contribution is 2.40. The fraction of sp³-hybridized carbons (Fsp3) is 0.208. The third kappa shape index (κ3) is 3.94. The zero-order chi connectivity index (χ0) is 22.7.